The summed E-state index contributed by atoms with van der Waals surface area (Å²) < 4.78 is 5.58. The fourth-order valence-electron chi connectivity index (χ4n) is 1.97. The minimum Gasteiger partial charge on any atom is -0.362 e. The van der Waals surface area contributed by atoms with E-state index >= 15 is 0 Å². The second-order valence-corrected chi connectivity index (χ2v) is 3.75. The Morgan fingerprint density at radius 2 is 2.42 bits per heavy atom. The third-order valence-electron chi connectivity index (χ3n) is 2.73. The molecule has 2 rings (SSSR count). The molecule has 1 saturated carbocycles. The van der Waals surface area contributed by atoms with Crippen LogP contribution in [0, 0.1) is 0 Å². The summed E-state index contributed by atoms with van der Waals surface area (Å²) >= 11 is 0. The summed E-state index contributed by atoms with van der Waals surface area (Å²) in [6.45, 7) is 1.58. The number of fused-ring (bicyclic) bond motifs is 1. The molecule has 1 aliphatic carbocycles. The van der Waals surface area contributed by atoms with E-state index in [2.05, 4.69) is 0 Å². The van der Waals surface area contributed by atoms with Crippen molar-refractivity contribution < 1.29 is 9.53 Å². The van der Waals surface area contributed by atoms with Crippen LogP contribution >= 0.6 is 0 Å². The van der Waals surface area contributed by atoms with Crippen molar-refractivity contribution in [2.45, 2.75) is 44.3 Å². The van der Waals surface area contributed by atoms with E-state index in [4.69, 9.17) is 4.74 Å². The average Bonchev–Trinajstić information content (AvgIpc) is 2.75. The van der Waals surface area contributed by atoms with E-state index in [-0.39, 0.29) is 11.4 Å². The Kier molecular flexibility index (Phi) is 1.80. The molecule has 0 spiro atoms. The third-order valence-corrected chi connectivity index (χ3v) is 2.73. The number of hydrogen-bond donors (Lipinski definition) is 0. The highest BCUT2D eigenvalue weighted by Crippen LogP contribution is 2.48. The molecule has 0 amide bonds. The zero-order valence-electron chi connectivity index (χ0n) is 7.38. The SMILES string of the molecule is CC(=O)/C=C/[C@@]12CCCC[C@@H]1O2. The normalized spacial score (nSPS) is 39.6. The molecule has 0 bridgehead atoms. The first-order valence-corrected chi connectivity index (χ1v) is 4.61. The van der Waals surface area contributed by atoms with Gasteiger partial charge in [-0.1, -0.05) is 12.8 Å². The molecule has 12 heavy (non-hydrogen) atoms. The van der Waals surface area contributed by atoms with E-state index in [1.807, 2.05) is 6.08 Å². The highest BCUT2D eigenvalue weighted by atomic mass is 16.6. The van der Waals surface area contributed by atoms with Crippen LogP contribution in [0.25, 0.3) is 0 Å². The number of carbonyl (C=O) groups excluding carboxylic acids is 1. The first kappa shape index (κ1) is 7.99. The molecule has 66 valence electrons. The van der Waals surface area contributed by atoms with E-state index in [1.165, 1.54) is 19.3 Å². The van der Waals surface area contributed by atoms with E-state index in [0.29, 0.717) is 6.10 Å². The topological polar surface area (TPSA) is 29.6 Å². The average molecular weight is 166 g/mol. The van der Waals surface area contributed by atoms with Crippen molar-refractivity contribution in [3.8, 4) is 0 Å². The van der Waals surface area contributed by atoms with Crippen LogP contribution in [-0.2, 0) is 9.53 Å². The van der Waals surface area contributed by atoms with Crippen molar-refractivity contribution in [1.29, 1.82) is 0 Å². The number of hydrogen-bond acceptors (Lipinski definition) is 2. The number of carbonyl (C=O) groups is 1. The van der Waals surface area contributed by atoms with Gasteiger partial charge in [-0.3, -0.25) is 4.79 Å². The van der Waals surface area contributed by atoms with Gasteiger partial charge in [-0.2, -0.15) is 0 Å². The lowest BCUT2D eigenvalue weighted by atomic mass is 9.89. The van der Waals surface area contributed by atoms with Crippen molar-refractivity contribution in [3.63, 3.8) is 0 Å². The van der Waals surface area contributed by atoms with Crippen molar-refractivity contribution in [2.24, 2.45) is 0 Å². The van der Waals surface area contributed by atoms with Crippen molar-refractivity contribution in [2.75, 3.05) is 0 Å². The molecule has 0 N–H and O–H groups in total. The summed E-state index contributed by atoms with van der Waals surface area (Å²) in [5, 5.41) is 0. The lowest BCUT2D eigenvalue weighted by Gasteiger charge is -2.11. The summed E-state index contributed by atoms with van der Waals surface area (Å²) in [6.07, 6.45) is 8.80. The van der Waals surface area contributed by atoms with Crippen LogP contribution in [0.1, 0.15) is 32.6 Å². The van der Waals surface area contributed by atoms with E-state index < -0.39 is 0 Å². The number of ketones is 1. The summed E-state index contributed by atoms with van der Waals surface area (Å²) in [5.41, 5.74) is -0.0239. The van der Waals surface area contributed by atoms with Crippen molar-refractivity contribution >= 4 is 5.78 Å². The Morgan fingerprint density at radius 3 is 3.08 bits per heavy atom. The van der Waals surface area contributed by atoms with E-state index in [9.17, 15) is 4.79 Å². The van der Waals surface area contributed by atoms with Gasteiger partial charge < -0.3 is 4.74 Å². The Hall–Kier alpha value is -0.630. The molecule has 0 radical (unpaired) electrons. The molecule has 2 fully saturated rings. The standard InChI is InChI=1S/C10H14O2/c1-8(11)5-7-10-6-3-2-4-9(10)12-10/h5,7,9H,2-4,6H2,1H3/b7-5+/t9-,10-/m0/s1. The van der Waals surface area contributed by atoms with Gasteiger partial charge in [0.2, 0.25) is 0 Å². The van der Waals surface area contributed by atoms with Gasteiger partial charge in [0.15, 0.2) is 5.78 Å². The van der Waals surface area contributed by atoms with Gasteiger partial charge in [0, 0.05) is 0 Å². The fraction of sp³-hybridized carbons (Fsp3) is 0.700. The lowest BCUT2D eigenvalue weighted by molar-refractivity contribution is -0.112. The van der Waals surface area contributed by atoms with Crippen molar-refractivity contribution in [1.82, 2.24) is 0 Å². The van der Waals surface area contributed by atoms with Gasteiger partial charge in [0.05, 0.1) is 6.10 Å². The molecule has 1 aliphatic heterocycles. The zero-order valence-corrected chi connectivity index (χ0v) is 7.38. The smallest absolute Gasteiger partial charge is 0.152 e. The highest BCUT2D eigenvalue weighted by molar-refractivity contribution is 5.87. The highest BCUT2D eigenvalue weighted by Gasteiger charge is 2.54. The molecule has 2 heteroatoms. The van der Waals surface area contributed by atoms with E-state index in [1.54, 1.807) is 13.0 Å². The minimum atomic E-state index is -0.0239. The van der Waals surface area contributed by atoms with Gasteiger partial charge in [0.1, 0.15) is 5.60 Å². The van der Waals surface area contributed by atoms with E-state index in [0.717, 1.165) is 6.42 Å². The number of ether oxygens (including phenoxy) is 1. The first-order chi connectivity index (χ1) is 5.73. The van der Waals surface area contributed by atoms with Gasteiger partial charge >= 0.3 is 0 Å². The summed E-state index contributed by atoms with van der Waals surface area (Å²) in [4.78, 5) is 10.7. The molecule has 2 aliphatic rings. The Balaban J connectivity index is 2.00. The maximum atomic E-state index is 10.7. The fourth-order valence-corrected chi connectivity index (χ4v) is 1.97. The Bertz CT molecular complexity index is 232. The summed E-state index contributed by atoms with van der Waals surface area (Å²) in [6, 6.07) is 0. The first-order valence-electron chi connectivity index (χ1n) is 4.61. The van der Waals surface area contributed by atoms with Crippen molar-refractivity contribution in [3.05, 3.63) is 12.2 Å². The van der Waals surface area contributed by atoms with Crippen LogP contribution in [0.4, 0.5) is 0 Å². The Morgan fingerprint density at radius 1 is 1.58 bits per heavy atom. The summed E-state index contributed by atoms with van der Waals surface area (Å²) in [7, 11) is 0. The van der Waals surface area contributed by atoms with Crippen LogP contribution in [0.2, 0.25) is 0 Å². The molecule has 1 heterocycles. The molecule has 0 unspecified atom stereocenters. The minimum absolute atomic E-state index is 0.0239. The summed E-state index contributed by atoms with van der Waals surface area (Å²) in [5.74, 6) is 0.115. The van der Waals surface area contributed by atoms with Crippen LogP contribution < -0.4 is 0 Å². The van der Waals surface area contributed by atoms with Gasteiger partial charge in [-0.15, -0.1) is 0 Å². The van der Waals surface area contributed by atoms with Crippen LogP contribution in [-0.4, -0.2) is 17.5 Å². The molecular weight excluding hydrogens is 152 g/mol. The molecule has 0 aromatic heterocycles. The monoisotopic (exact) mass is 166 g/mol. The largest absolute Gasteiger partial charge is 0.362 e. The predicted octanol–water partition coefficient (Wildman–Crippen LogP) is 1.84. The second kappa shape index (κ2) is 2.70. The number of allylic oxidation sites excluding steroid dienone is 1. The quantitative estimate of drug-likeness (QED) is 0.462. The van der Waals surface area contributed by atoms with Crippen LogP contribution in [0.5, 0.6) is 0 Å². The van der Waals surface area contributed by atoms with Gasteiger partial charge in [0.25, 0.3) is 0 Å². The lowest BCUT2D eigenvalue weighted by Crippen LogP contribution is -2.16. The van der Waals surface area contributed by atoms with Crippen LogP contribution in [0.3, 0.4) is 0 Å². The number of rotatable bonds is 2. The second-order valence-electron chi connectivity index (χ2n) is 3.75. The predicted molar refractivity (Wildman–Crippen MR) is 45.9 cm³/mol. The molecule has 0 aromatic carbocycles. The maximum absolute atomic E-state index is 10.7. The maximum Gasteiger partial charge on any atom is 0.152 e. The zero-order chi connectivity index (χ0) is 8.60. The molecular formula is C10H14O2. The van der Waals surface area contributed by atoms with Crippen LogP contribution in [0.15, 0.2) is 12.2 Å². The van der Waals surface area contributed by atoms with Gasteiger partial charge in [-0.05, 0) is 31.9 Å². The molecule has 1 saturated heterocycles. The molecule has 2 atom stereocenters. The molecule has 0 aromatic rings. The molecule has 2 nitrogen and oxygen atoms in total. The number of epoxide rings is 1. The van der Waals surface area contributed by atoms with Gasteiger partial charge in [-0.25, -0.2) is 0 Å². The third kappa shape index (κ3) is 1.31. The Labute approximate surface area is 72.6 Å².